The smallest absolute Gasteiger partial charge is 0.222 e. The molecule has 2 saturated carbocycles. The Bertz CT molecular complexity index is 553. The van der Waals surface area contributed by atoms with Gasteiger partial charge in [-0.3, -0.25) is 4.79 Å². The van der Waals surface area contributed by atoms with Crippen molar-refractivity contribution < 1.29 is 9.21 Å². The van der Waals surface area contributed by atoms with E-state index < -0.39 is 0 Å². The standard InChI is InChI=1S/C19H29N3O2/c23-17(9-6-14-4-2-1-3-5-14)22-12-10-16(11-13-22)19-21-20-18(24-19)15-7-8-15/h14-16H,1-13H2. The van der Waals surface area contributed by atoms with Crippen LogP contribution in [0, 0.1) is 5.92 Å². The average Bonchev–Trinajstić information content (AvgIpc) is 3.38. The SMILES string of the molecule is O=C(CCC1CCCCC1)N1CCC(c2nnc(C3CC3)o2)CC1. The van der Waals surface area contributed by atoms with Gasteiger partial charge in [0, 0.05) is 31.3 Å². The van der Waals surface area contributed by atoms with Crippen molar-refractivity contribution in [2.75, 3.05) is 13.1 Å². The molecule has 4 rings (SSSR count). The molecule has 132 valence electrons. The second kappa shape index (κ2) is 7.24. The lowest BCUT2D eigenvalue weighted by Gasteiger charge is -2.31. The maximum Gasteiger partial charge on any atom is 0.222 e. The molecule has 1 aliphatic heterocycles. The van der Waals surface area contributed by atoms with Crippen LogP contribution < -0.4 is 0 Å². The van der Waals surface area contributed by atoms with Gasteiger partial charge in [-0.05, 0) is 38.0 Å². The second-order valence-corrected chi connectivity index (χ2v) is 7.95. The van der Waals surface area contributed by atoms with E-state index in [1.54, 1.807) is 0 Å². The van der Waals surface area contributed by atoms with Crippen molar-refractivity contribution in [3.05, 3.63) is 11.8 Å². The van der Waals surface area contributed by atoms with Crippen LogP contribution in [0.25, 0.3) is 0 Å². The Morgan fingerprint density at radius 1 is 0.917 bits per heavy atom. The fourth-order valence-electron chi connectivity index (χ4n) is 4.24. The van der Waals surface area contributed by atoms with E-state index in [0.29, 0.717) is 17.7 Å². The first-order valence-electron chi connectivity index (χ1n) is 9.90. The Morgan fingerprint density at radius 3 is 2.17 bits per heavy atom. The number of carbonyl (C=O) groups excluding carboxylic acids is 1. The normalized spacial score (nSPS) is 23.6. The first-order valence-corrected chi connectivity index (χ1v) is 9.90. The summed E-state index contributed by atoms with van der Waals surface area (Å²) in [4.78, 5) is 14.5. The number of carbonyl (C=O) groups is 1. The van der Waals surface area contributed by atoms with Crippen LogP contribution in [0.1, 0.15) is 94.2 Å². The van der Waals surface area contributed by atoms with Crippen LogP contribution in [0.5, 0.6) is 0 Å². The van der Waals surface area contributed by atoms with Gasteiger partial charge in [0.05, 0.1) is 0 Å². The quantitative estimate of drug-likeness (QED) is 0.818. The molecular weight excluding hydrogens is 302 g/mol. The van der Waals surface area contributed by atoms with Gasteiger partial charge in [0.15, 0.2) is 0 Å². The summed E-state index contributed by atoms with van der Waals surface area (Å²) in [6.07, 6.45) is 12.9. The van der Waals surface area contributed by atoms with Gasteiger partial charge in [0.25, 0.3) is 0 Å². The van der Waals surface area contributed by atoms with E-state index >= 15 is 0 Å². The van der Waals surface area contributed by atoms with E-state index in [1.807, 2.05) is 0 Å². The van der Waals surface area contributed by atoms with Crippen molar-refractivity contribution in [1.82, 2.24) is 15.1 Å². The predicted molar refractivity (Wildman–Crippen MR) is 90.6 cm³/mol. The van der Waals surface area contributed by atoms with Crippen molar-refractivity contribution in [2.24, 2.45) is 5.92 Å². The first kappa shape index (κ1) is 16.1. The van der Waals surface area contributed by atoms with E-state index in [9.17, 15) is 4.79 Å². The number of likely N-dealkylation sites (tertiary alicyclic amines) is 1. The van der Waals surface area contributed by atoms with Crippen LogP contribution >= 0.6 is 0 Å². The van der Waals surface area contributed by atoms with Crippen LogP contribution in [0.3, 0.4) is 0 Å². The first-order chi connectivity index (χ1) is 11.8. The fourth-order valence-corrected chi connectivity index (χ4v) is 4.24. The molecule has 0 atom stereocenters. The number of piperidine rings is 1. The van der Waals surface area contributed by atoms with Crippen molar-refractivity contribution in [3.63, 3.8) is 0 Å². The summed E-state index contributed by atoms with van der Waals surface area (Å²) < 4.78 is 5.84. The van der Waals surface area contributed by atoms with Gasteiger partial charge < -0.3 is 9.32 Å². The molecule has 1 aromatic rings. The summed E-state index contributed by atoms with van der Waals surface area (Å²) in [6, 6.07) is 0. The Morgan fingerprint density at radius 2 is 1.54 bits per heavy atom. The van der Waals surface area contributed by atoms with Gasteiger partial charge >= 0.3 is 0 Å². The Hall–Kier alpha value is -1.39. The zero-order chi connectivity index (χ0) is 16.4. The highest BCUT2D eigenvalue weighted by atomic mass is 16.4. The van der Waals surface area contributed by atoms with Crippen molar-refractivity contribution >= 4 is 5.91 Å². The van der Waals surface area contributed by atoms with Crippen LogP contribution in [-0.2, 0) is 4.79 Å². The van der Waals surface area contributed by atoms with E-state index in [-0.39, 0.29) is 0 Å². The molecule has 2 aliphatic carbocycles. The number of aromatic nitrogens is 2. The monoisotopic (exact) mass is 331 g/mol. The number of rotatable bonds is 5. The number of hydrogen-bond donors (Lipinski definition) is 0. The molecule has 5 heteroatoms. The molecular formula is C19H29N3O2. The maximum atomic E-state index is 12.5. The van der Waals surface area contributed by atoms with Crippen LogP contribution in [0.15, 0.2) is 4.42 Å². The minimum Gasteiger partial charge on any atom is -0.425 e. The molecule has 0 aromatic carbocycles. The number of amides is 1. The van der Waals surface area contributed by atoms with Gasteiger partial charge in [-0.2, -0.15) is 0 Å². The molecule has 1 amide bonds. The van der Waals surface area contributed by atoms with E-state index in [1.165, 1.54) is 44.9 Å². The molecule has 5 nitrogen and oxygen atoms in total. The van der Waals surface area contributed by atoms with E-state index in [4.69, 9.17) is 4.42 Å². The predicted octanol–water partition coefficient (Wildman–Crippen LogP) is 4.01. The van der Waals surface area contributed by atoms with Gasteiger partial charge in [-0.25, -0.2) is 0 Å². The number of nitrogens with zero attached hydrogens (tertiary/aromatic N) is 3. The molecule has 0 unspecified atom stereocenters. The third kappa shape index (κ3) is 3.81. The van der Waals surface area contributed by atoms with Gasteiger partial charge in [0.1, 0.15) is 0 Å². The molecule has 0 N–H and O–H groups in total. The maximum absolute atomic E-state index is 12.5. The summed E-state index contributed by atoms with van der Waals surface area (Å²) in [5.41, 5.74) is 0. The summed E-state index contributed by atoms with van der Waals surface area (Å²) in [5, 5.41) is 8.44. The molecule has 2 heterocycles. The van der Waals surface area contributed by atoms with Gasteiger partial charge in [0.2, 0.25) is 17.7 Å². The van der Waals surface area contributed by atoms with Crippen molar-refractivity contribution in [3.8, 4) is 0 Å². The largest absolute Gasteiger partial charge is 0.425 e. The third-order valence-corrected chi connectivity index (χ3v) is 6.07. The average molecular weight is 331 g/mol. The lowest BCUT2D eigenvalue weighted by Crippen LogP contribution is -2.38. The van der Waals surface area contributed by atoms with E-state index in [0.717, 1.165) is 56.5 Å². The Balaban J connectivity index is 1.22. The molecule has 0 radical (unpaired) electrons. The minimum absolute atomic E-state index is 0.340. The summed E-state index contributed by atoms with van der Waals surface area (Å²) >= 11 is 0. The topological polar surface area (TPSA) is 59.2 Å². The highest BCUT2D eigenvalue weighted by Crippen LogP contribution is 2.40. The Kier molecular flexibility index (Phi) is 4.86. The third-order valence-electron chi connectivity index (χ3n) is 6.07. The number of hydrogen-bond acceptors (Lipinski definition) is 4. The van der Waals surface area contributed by atoms with Crippen molar-refractivity contribution in [2.45, 2.75) is 82.5 Å². The van der Waals surface area contributed by atoms with Crippen LogP contribution in [-0.4, -0.2) is 34.1 Å². The lowest BCUT2D eigenvalue weighted by atomic mass is 9.86. The van der Waals surface area contributed by atoms with Crippen LogP contribution in [0.4, 0.5) is 0 Å². The van der Waals surface area contributed by atoms with Crippen molar-refractivity contribution in [1.29, 1.82) is 0 Å². The molecule has 1 aromatic heterocycles. The molecule has 3 aliphatic rings. The Labute approximate surface area is 144 Å². The summed E-state index contributed by atoms with van der Waals surface area (Å²) in [6.45, 7) is 1.69. The molecule has 1 saturated heterocycles. The molecule has 0 bridgehead atoms. The summed E-state index contributed by atoms with van der Waals surface area (Å²) in [7, 11) is 0. The second-order valence-electron chi connectivity index (χ2n) is 7.95. The highest BCUT2D eigenvalue weighted by Gasteiger charge is 2.32. The van der Waals surface area contributed by atoms with E-state index in [2.05, 4.69) is 15.1 Å². The zero-order valence-electron chi connectivity index (χ0n) is 14.6. The molecule has 3 fully saturated rings. The summed E-state index contributed by atoms with van der Waals surface area (Å²) in [5.74, 6) is 3.63. The zero-order valence-corrected chi connectivity index (χ0v) is 14.6. The fraction of sp³-hybridized carbons (Fsp3) is 0.842. The van der Waals surface area contributed by atoms with Crippen LogP contribution in [0.2, 0.25) is 0 Å². The highest BCUT2D eigenvalue weighted by molar-refractivity contribution is 5.76. The minimum atomic E-state index is 0.340. The lowest BCUT2D eigenvalue weighted by molar-refractivity contribution is -0.132. The van der Waals surface area contributed by atoms with Gasteiger partial charge in [-0.15, -0.1) is 10.2 Å². The van der Waals surface area contributed by atoms with Gasteiger partial charge in [-0.1, -0.05) is 32.1 Å². The molecule has 0 spiro atoms. The molecule has 24 heavy (non-hydrogen) atoms.